The van der Waals surface area contributed by atoms with Crippen LogP contribution < -0.4 is 4.72 Å². The number of fused-ring (bicyclic) bond motifs is 1. The third-order valence-corrected chi connectivity index (χ3v) is 8.33. The molecular formula is C27H20Cl2N4O3S2. The smallest absolute Gasteiger partial charge is 0.283 e. The van der Waals surface area contributed by atoms with Gasteiger partial charge < -0.3 is 4.57 Å². The van der Waals surface area contributed by atoms with E-state index in [9.17, 15) is 13.2 Å². The van der Waals surface area contributed by atoms with Crippen LogP contribution in [0.25, 0.3) is 27.7 Å². The molecule has 3 aromatic heterocycles. The van der Waals surface area contributed by atoms with Crippen molar-refractivity contribution in [1.29, 1.82) is 0 Å². The van der Waals surface area contributed by atoms with Crippen molar-refractivity contribution in [3.63, 3.8) is 0 Å². The molecule has 0 spiro atoms. The molecule has 11 heteroatoms. The van der Waals surface area contributed by atoms with Crippen molar-refractivity contribution in [3.8, 4) is 10.4 Å². The lowest BCUT2D eigenvalue weighted by atomic mass is 10.1. The highest BCUT2D eigenvalue weighted by molar-refractivity contribution is 7.93. The first kappa shape index (κ1) is 26.1. The molecule has 0 fully saturated rings. The van der Waals surface area contributed by atoms with Crippen molar-refractivity contribution in [3.05, 3.63) is 110 Å². The molecule has 0 aliphatic carbocycles. The van der Waals surface area contributed by atoms with Crippen molar-refractivity contribution in [2.45, 2.75) is 13.5 Å². The van der Waals surface area contributed by atoms with Gasteiger partial charge in [-0.25, -0.2) is 23.1 Å². The van der Waals surface area contributed by atoms with Gasteiger partial charge in [-0.2, -0.15) is 0 Å². The molecule has 0 unspecified atom stereocenters. The minimum Gasteiger partial charge on any atom is -0.308 e. The quantitative estimate of drug-likeness (QED) is 0.234. The molecule has 1 N–H and O–H groups in total. The maximum Gasteiger partial charge on any atom is 0.283 e. The maximum absolute atomic E-state index is 12.8. The highest BCUT2D eigenvalue weighted by Crippen LogP contribution is 2.33. The first-order chi connectivity index (χ1) is 18.2. The van der Waals surface area contributed by atoms with Gasteiger partial charge in [-0.1, -0.05) is 65.7 Å². The summed E-state index contributed by atoms with van der Waals surface area (Å²) in [6, 6.07) is 21.6. The topological polar surface area (TPSA) is 93.9 Å². The van der Waals surface area contributed by atoms with E-state index < -0.39 is 15.9 Å². The van der Waals surface area contributed by atoms with Crippen molar-refractivity contribution < 1.29 is 13.2 Å². The van der Waals surface area contributed by atoms with Crippen LogP contribution in [0.3, 0.4) is 0 Å². The molecule has 38 heavy (non-hydrogen) atoms. The fourth-order valence-corrected chi connectivity index (χ4v) is 5.89. The van der Waals surface area contributed by atoms with Crippen LogP contribution in [0.5, 0.6) is 0 Å². The number of carbonyl (C=O) groups excluding carboxylic acids is 1. The van der Waals surface area contributed by atoms with Gasteiger partial charge in [0.2, 0.25) is 0 Å². The Hall–Kier alpha value is -3.50. The molecular weight excluding hydrogens is 563 g/mol. The van der Waals surface area contributed by atoms with E-state index in [1.807, 2.05) is 52.6 Å². The van der Waals surface area contributed by atoms with E-state index >= 15 is 0 Å². The summed E-state index contributed by atoms with van der Waals surface area (Å²) in [5.41, 5.74) is 3.46. The summed E-state index contributed by atoms with van der Waals surface area (Å²) in [5, 5.41) is 1.52. The SMILES string of the molecule is Cc1nc2ccc(C(=O)NS(=O)(=O)C=Cc3ccccc3)nc2n1Cc1ccc(-c2ccc(Cl)s2)cc1Cl. The second-order valence-electron chi connectivity index (χ2n) is 8.38. The molecule has 7 nitrogen and oxygen atoms in total. The molecule has 0 atom stereocenters. The summed E-state index contributed by atoms with van der Waals surface area (Å²) in [6.45, 7) is 2.19. The number of nitrogens with one attached hydrogen (secondary N) is 1. The normalized spacial score (nSPS) is 11.9. The average Bonchev–Trinajstić information content (AvgIpc) is 3.46. The number of halogens is 2. The Labute approximate surface area is 233 Å². The zero-order valence-electron chi connectivity index (χ0n) is 19.9. The molecule has 0 saturated carbocycles. The molecule has 0 radical (unpaired) electrons. The Kier molecular flexibility index (Phi) is 7.36. The van der Waals surface area contributed by atoms with Gasteiger partial charge in [0, 0.05) is 9.90 Å². The summed E-state index contributed by atoms with van der Waals surface area (Å²) in [6.07, 6.45) is 1.41. The summed E-state index contributed by atoms with van der Waals surface area (Å²) in [7, 11) is -4.03. The predicted octanol–water partition coefficient (Wildman–Crippen LogP) is 6.55. The second kappa shape index (κ2) is 10.7. The number of imidazole rings is 1. The number of aryl methyl sites for hydroxylation is 1. The largest absolute Gasteiger partial charge is 0.308 e. The summed E-state index contributed by atoms with van der Waals surface area (Å²) < 4.78 is 29.5. The standard InChI is InChI=1S/C27H20Cl2N4O3S2/c1-17-30-22-9-10-23(27(34)32-38(35,36)14-13-18-5-3-2-4-6-18)31-26(22)33(17)16-20-8-7-19(15-21(20)28)24-11-12-25(29)37-24/h2-15H,16H2,1H3,(H,32,34). The van der Waals surface area contributed by atoms with E-state index in [1.54, 1.807) is 30.3 Å². The van der Waals surface area contributed by atoms with Gasteiger partial charge >= 0.3 is 0 Å². The molecule has 192 valence electrons. The minimum atomic E-state index is -4.03. The van der Waals surface area contributed by atoms with Crippen LogP contribution in [0.15, 0.2) is 78.2 Å². The molecule has 5 rings (SSSR count). The van der Waals surface area contributed by atoms with E-state index in [0.717, 1.165) is 21.4 Å². The molecule has 0 aliphatic heterocycles. The number of amides is 1. The number of nitrogens with zero attached hydrogens (tertiary/aromatic N) is 3. The van der Waals surface area contributed by atoms with Crippen LogP contribution in [0.1, 0.15) is 27.4 Å². The minimum absolute atomic E-state index is 0.0497. The second-order valence-corrected chi connectivity index (χ2v) is 12.1. The molecule has 2 aromatic carbocycles. The van der Waals surface area contributed by atoms with Crippen molar-refractivity contribution >= 4 is 67.7 Å². The first-order valence-electron chi connectivity index (χ1n) is 11.4. The Bertz CT molecular complexity index is 1800. The third kappa shape index (κ3) is 5.81. The summed E-state index contributed by atoms with van der Waals surface area (Å²) in [4.78, 5) is 22.8. The highest BCUT2D eigenvalue weighted by atomic mass is 35.5. The van der Waals surface area contributed by atoms with Crippen LogP contribution in [0.2, 0.25) is 9.36 Å². The van der Waals surface area contributed by atoms with Gasteiger partial charge in [-0.15, -0.1) is 11.3 Å². The van der Waals surface area contributed by atoms with Crippen LogP contribution in [0, 0.1) is 6.92 Å². The van der Waals surface area contributed by atoms with E-state index in [2.05, 4.69) is 9.97 Å². The van der Waals surface area contributed by atoms with E-state index in [0.29, 0.717) is 38.5 Å². The lowest BCUT2D eigenvalue weighted by Gasteiger charge is -2.10. The Morgan fingerprint density at radius 1 is 1.03 bits per heavy atom. The van der Waals surface area contributed by atoms with Crippen molar-refractivity contribution in [2.24, 2.45) is 0 Å². The first-order valence-corrected chi connectivity index (χ1v) is 14.5. The lowest BCUT2D eigenvalue weighted by molar-refractivity contribution is 0.0977. The number of benzene rings is 2. The molecule has 5 aromatic rings. The van der Waals surface area contributed by atoms with Gasteiger partial charge in [0.05, 0.1) is 16.3 Å². The monoisotopic (exact) mass is 582 g/mol. The molecule has 0 aliphatic rings. The summed E-state index contributed by atoms with van der Waals surface area (Å²) in [5.74, 6) is -0.166. The molecule has 0 saturated heterocycles. The number of sulfonamides is 1. The zero-order valence-corrected chi connectivity index (χ0v) is 23.1. The van der Waals surface area contributed by atoms with Crippen molar-refractivity contribution in [2.75, 3.05) is 0 Å². The number of pyridine rings is 1. The number of rotatable bonds is 7. The molecule has 1 amide bonds. The number of aromatic nitrogens is 3. The Morgan fingerprint density at radius 3 is 2.53 bits per heavy atom. The molecule has 3 heterocycles. The lowest BCUT2D eigenvalue weighted by Crippen LogP contribution is -2.29. The van der Waals surface area contributed by atoms with Crippen LogP contribution in [-0.4, -0.2) is 28.9 Å². The van der Waals surface area contributed by atoms with Crippen LogP contribution >= 0.6 is 34.5 Å². The number of thiophene rings is 1. The molecule has 0 bridgehead atoms. The summed E-state index contributed by atoms with van der Waals surface area (Å²) >= 11 is 14.2. The number of hydrogen-bond acceptors (Lipinski definition) is 6. The van der Waals surface area contributed by atoms with Gasteiger partial charge in [-0.05, 0) is 60.0 Å². The van der Waals surface area contributed by atoms with Crippen LogP contribution in [-0.2, 0) is 16.6 Å². The highest BCUT2D eigenvalue weighted by Gasteiger charge is 2.18. The average molecular weight is 584 g/mol. The van der Waals surface area contributed by atoms with Gasteiger partial charge in [0.1, 0.15) is 17.0 Å². The van der Waals surface area contributed by atoms with Gasteiger partial charge in [-0.3, -0.25) is 4.79 Å². The fourth-order valence-electron chi connectivity index (χ4n) is 3.85. The van der Waals surface area contributed by atoms with E-state index in [-0.39, 0.29) is 5.69 Å². The van der Waals surface area contributed by atoms with Crippen LogP contribution in [0.4, 0.5) is 0 Å². The Balaban J connectivity index is 1.39. The third-order valence-electron chi connectivity index (χ3n) is 5.73. The van der Waals surface area contributed by atoms with E-state index in [4.69, 9.17) is 23.2 Å². The number of carbonyl (C=O) groups is 1. The van der Waals surface area contributed by atoms with Gasteiger partial charge in [0.25, 0.3) is 15.9 Å². The van der Waals surface area contributed by atoms with Gasteiger partial charge in [0.15, 0.2) is 5.65 Å². The van der Waals surface area contributed by atoms with Crippen molar-refractivity contribution in [1.82, 2.24) is 19.3 Å². The number of hydrogen-bond donors (Lipinski definition) is 1. The fraction of sp³-hybridized carbons (Fsp3) is 0.0741. The predicted molar refractivity (Wildman–Crippen MR) is 153 cm³/mol. The zero-order chi connectivity index (χ0) is 26.9. The Morgan fingerprint density at radius 2 is 1.82 bits per heavy atom. The van der Waals surface area contributed by atoms with E-state index in [1.165, 1.54) is 23.5 Å². The maximum atomic E-state index is 12.8.